The third-order valence-corrected chi connectivity index (χ3v) is 2.78. The maximum Gasteiger partial charge on any atom is 0.308 e. The van der Waals surface area contributed by atoms with E-state index in [4.69, 9.17) is 5.11 Å². The molecule has 2 atom stereocenters. The molecule has 0 aliphatic heterocycles. The summed E-state index contributed by atoms with van der Waals surface area (Å²) < 4.78 is 0.995. The van der Waals surface area contributed by atoms with Gasteiger partial charge in [0.2, 0.25) is 0 Å². The Bertz CT molecular complexity index is 367. The fourth-order valence-corrected chi connectivity index (χ4v) is 1.82. The Kier molecular flexibility index (Phi) is 2.46. The van der Waals surface area contributed by atoms with Gasteiger partial charge >= 0.3 is 5.97 Å². The van der Waals surface area contributed by atoms with Gasteiger partial charge in [0.05, 0.1) is 5.92 Å². The highest BCUT2D eigenvalue weighted by Gasteiger charge is 2.43. The van der Waals surface area contributed by atoms with Gasteiger partial charge in [-0.15, -0.1) is 0 Å². The van der Waals surface area contributed by atoms with Crippen molar-refractivity contribution in [3.8, 4) is 0 Å². The zero-order chi connectivity index (χ0) is 10.1. The average molecular weight is 256 g/mol. The van der Waals surface area contributed by atoms with Crippen molar-refractivity contribution >= 4 is 27.6 Å². The SMILES string of the molecule is O=C(O)C1CC1Nc1cccc(Br)c1. The highest BCUT2D eigenvalue weighted by Crippen LogP contribution is 2.34. The monoisotopic (exact) mass is 255 g/mol. The van der Waals surface area contributed by atoms with Crippen LogP contribution in [0.4, 0.5) is 5.69 Å². The fraction of sp³-hybridized carbons (Fsp3) is 0.300. The van der Waals surface area contributed by atoms with Gasteiger partial charge in [-0.3, -0.25) is 4.79 Å². The number of carbonyl (C=O) groups is 1. The van der Waals surface area contributed by atoms with Gasteiger partial charge in [0, 0.05) is 16.2 Å². The van der Waals surface area contributed by atoms with Gasteiger partial charge in [0.15, 0.2) is 0 Å². The molecule has 0 bridgehead atoms. The van der Waals surface area contributed by atoms with Gasteiger partial charge < -0.3 is 10.4 Å². The summed E-state index contributed by atoms with van der Waals surface area (Å²) in [4.78, 5) is 10.6. The van der Waals surface area contributed by atoms with Gasteiger partial charge in [0.1, 0.15) is 0 Å². The first kappa shape index (κ1) is 9.52. The van der Waals surface area contributed by atoms with Gasteiger partial charge in [-0.25, -0.2) is 0 Å². The van der Waals surface area contributed by atoms with Crippen molar-refractivity contribution in [1.29, 1.82) is 0 Å². The molecule has 14 heavy (non-hydrogen) atoms. The lowest BCUT2D eigenvalue weighted by atomic mass is 10.3. The predicted molar refractivity (Wildman–Crippen MR) is 57.3 cm³/mol. The van der Waals surface area contributed by atoms with Crippen LogP contribution >= 0.6 is 15.9 Å². The van der Waals surface area contributed by atoms with Crippen LogP contribution in [0.1, 0.15) is 6.42 Å². The summed E-state index contributed by atoms with van der Waals surface area (Å²) in [6.07, 6.45) is 0.724. The van der Waals surface area contributed by atoms with Crippen LogP contribution in [0.2, 0.25) is 0 Å². The standard InChI is InChI=1S/C10H10BrNO2/c11-6-2-1-3-7(4-6)12-9-5-8(9)10(13)14/h1-4,8-9,12H,5H2,(H,13,14). The summed E-state index contributed by atoms with van der Waals surface area (Å²) in [6.45, 7) is 0. The summed E-state index contributed by atoms with van der Waals surface area (Å²) in [7, 11) is 0. The Balaban J connectivity index is 1.97. The molecule has 1 saturated carbocycles. The summed E-state index contributed by atoms with van der Waals surface area (Å²) in [5.74, 6) is -0.925. The molecule has 2 unspecified atom stereocenters. The number of carboxylic acids is 1. The molecule has 1 aliphatic carbocycles. The van der Waals surface area contributed by atoms with Crippen LogP contribution in [-0.2, 0) is 4.79 Å². The second-order valence-electron chi connectivity index (χ2n) is 3.44. The maximum absolute atomic E-state index is 10.6. The largest absolute Gasteiger partial charge is 0.481 e. The highest BCUT2D eigenvalue weighted by atomic mass is 79.9. The normalized spacial score (nSPS) is 24.4. The topological polar surface area (TPSA) is 49.3 Å². The van der Waals surface area contributed by atoms with Gasteiger partial charge in [-0.2, -0.15) is 0 Å². The molecule has 1 aliphatic rings. The number of carboxylic acid groups (broad SMARTS) is 1. The van der Waals surface area contributed by atoms with Crippen LogP contribution in [-0.4, -0.2) is 17.1 Å². The minimum atomic E-state index is -0.711. The second kappa shape index (κ2) is 3.61. The van der Waals surface area contributed by atoms with E-state index in [0.29, 0.717) is 0 Å². The van der Waals surface area contributed by atoms with Crippen LogP contribution in [0.15, 0.2) is 28.7 Å². The molecular weight excluding hydrogens is 246 g/mol. The van der Waals surface area contributed by atoms with Crippen molar-refractivity contribution in [2.75, 3.05) is 5.32 Å². The molecule has 4 heteroatoms. The minimum Gasteiger partial charge on any atom is -0.481 e. The molecule has 1 aromatic rings. The smallest absolute Gasteiger partial charge is 0.308 e. The predicted octanol–water partition coefficient (Wildman–Crippen LogP) is 2.33. The van der Waals surface area contributed by atoms with E-state index in [9.17, 15) is 4.79 Å². The quantitative estimate of drug-likeness (QED) is 0.872. The Morgan fingerprint density at radius 1 is 1.57 bits per heavy atom. The van der Waals surface area contributed by atoms with Crippen molar-refractivity contribution in [3.05, 3.63) is 28.7 Å². The first-order valence-corrected chi connectivity index (χ1v) is 5.21. The van der Waals surface area contributed by atoms with Crippen LogP contribution in [0.3, 0.4) is 0 Å². The van der Waals surface area contributed by atoms with E-state index in [0.717, 1.165) is 16.6 Å². The van der Waals surface area contributed by atoms with Gasteiger partial charge in [0.25, 0.3) is 0 Å². The number of rotatable bonds is 3. The van der Waals surface area contributed by atoms with Crippen LogP contribution in [0, 0.1) is 5.92 Å². The zero-order valence-electron chi connectivity index (χ0n) is 7.40. The minimum absolute atomic E-state index is 0.0989. The number of aliphatic carboxylic acids is 1. The Labute approximate surface area is 90.3 Å². The first-order chi connectivity index (χ1) is 6.66. The van der Waals surface area contributed by atoms with E-state index in [-0.39, 0.29) is 12.0 Å². The molecule has 1 aromatic carbocycles. The maximum atomic E-state index is 10.6. The van der Waals surface area contributed by atoms with Crippen LogP contribution < -0.4 is 5.32 Å². The van der Waals surface area contributed by atoms with Crippen LogP contribution in [0.5, 0.6) is 0 Å². The lowest BCUT2D eigenvalue weighted by Gasteiger charge is -2.04. The molecule has 2 rings (SSSR count). The van der Waals surface area contributed by atoms with Gasteiger partial charge in [-0.1, -0.05) is 22.0 Å². The van der Waals surface area contributed by atoms with Crippen LogP contribution in [0.25, 0.3) is 0 Å². The van der Waals surface area contributed by atoms with E-state index < -0.39 is 5.97 Å². The molecule has 0 radical (unpaired) electrons. The number of halogens is 1. The fourth-order valence-electron chi connectivity index (χ4n) is 1.42. The van der Waals surface area contributed by atoms with E-state index in [1.54, 1.807) is 0 Å². The van der Waals surface area contributed by atoms with E-state index >= 15 is 0 Å². The average Bonchev–Trinajstić information content (AvgIpc) is 2.84. The number of hydrogen-bond donors (Lipinski definition) is 2. The third-order valence-electron chi connectivity index (χ3n) is 2.28. The summed E-state index contributed by atoms with van der Waals surface area (Å²) in [5, 5.41) is 11.9. The molecule has 74 valence electrons. The molecule has 2 N–H and O–H groups in total. The number of nitrogens with one attached hydrogen (secondary N) is 1. The van der Waals surface area contributed by atoms with E-state index in [1.165, 1.54) is 0 Å². The summed E-state index contributed by atoms with van der Waals surface area (Å²) in [6, 6.07) is 7.83. The Morgan fingerprint density at radius 3 is 2.93 bits per heavy atom. The Morgan fingerprint density at radius 2 is 2.36 bits per heavy atom. The van der Waals surface area contributed by atoms with Crippen molar-refractivity contribution in [3.63, 3.8) is 0 Å². The Hall–Kier alpha value is -1.03. The zero-order valence-corrected chi connectivity index (χ0v) is 8.99. The number of hydrogen-bond acceptors (Lipinski definition) is 2. The lowest BCUT2D eigenvalue weighted by Crippen LogP contribution is -2.09. The molecular formula is C10H10BrNO2. The van der Waals surface area contributed by atoms with E-state index in [2.05, 4.69) is 21.2 Å². The molecule has 0 saturated heterocycles. The number of anilines is 1. The molecule has 0 amide bonds. The molecule has 0 heterocycles. The molecule has 0 spiro atoms. The molecule has 0 aromatic heterocycles. The number of benzene rings is 1. The van der Waals surface area contributed by atoms with Crippen molar-refractivity contribution in [1.82, 2.24) is 0 Å². The first-order valence-electron chi connectivity index (χ1n) is 4.42. The molecule has 3 nitrogen and oxygen atoms in total. The second-order valence-corrected chi connectivity index (χ2v) is 4.36. The highest BCUT2D eigenvalue weighted by molar-refractivity contribution is 9.10. The third kappa shape index (κ3) is 2.07. The van der Waals surface area contributed by atoms with Crippen molar-refractivity contribution < 1.29 is 9.90 Å². The summed E-state index contributed by atoms with van der Waals surface area (Å²) in [5.41, 5.74) is 0.966. The van der Waals surface area contributed by atoms with Crippen molar-refractivity contribution in [2.24, 2.45) is 5.92 Å². The van der Waals surface area contributed by atoms with E-state index in [1.807, 2.05) is 24.3 Å². The summed E-state index contributed by atoms with van der Waals surface area (Å²) >= 11 is 3.36. The molecule has 1 fully saturated rings. The van der Waals surface area contributed by atoms with Gasteiger partial charge in [-0.05, 0) is 24.6 Å². The lowest BCUT2D eigenvalue weighted by molar-refractivity contribution is -0.138. The van der Waals surface area contributed by atoms with Crippen molar-refractivity contribution in [2.45, 2.75) is 12.5 Å².